The zero-order valence-electron chi connectivity index (χ0n) is 11.8. The maximum Gasteiger partial charge on any atom is 0.223 e. The second kappa shape index (κ2) is 6.98. The number of amides is 1. The van der Waals surface area contributed by atoms with Crippen LogP contribution in [0.25, 0.3) is 0 Å². The summed E-state index contributed by atoms with van der Waals surface area (Å²) in [6.45, 7) is 3.92. The molecule has 1 aromatic heterocycles. The fraction of sp³-hybridized carbons (Fsp3) is 0.714. The lowest BCUT2D eigenvalue weighted by atomic mass is 9.92. The molecule has 1 aliphatic heterocycles. The second-order valence-corrected chi connectivity index (χ2v) is 6.07. The SMILES string of the molecule is CCc1cn[nH]c1C1CCCN(C(=O)CCSC)C1. The number of piperidine rings is 1. The van der Waals surface area contributed by atoms with Crippen molar-refractivity contribution in [2.24, 2.45) is 0 Å². The van der Waals surface area contributed by atoms with Gasteiger partial charge in [0.05, 0.1) is 6.20 Å². The number of H-pyrrole nitrogens is 1. The number of nitrogens with zero attached hydrogens (tertiary/aromatic N) is 2. The van der Waals surface area contributed by atoms with Gasteiger partial charge in [-0.05, 0) is 31.1 Å². The van der Waals surface area contributed by atoms with Crippen molar-refractivity contribution in [3.63, 3.8) is 0 Å². The summed E-state index contributed by atoms with van der Waals surface area (Å²) in [5.74, 6) is 1.66. The van der Waals surface area contributed by atoms with E-state index in [2.05, 4.69) is 17.1 Å². The number of rotatable bonds is 5. The molecule has 1 saturated heterocycles. The van der Waals surface area contributed by atoms with Crippen molar-refractivity contribution in [3.8, 4) is 0 Å². The van der Waals surface area contributed by atoms with Gasteiger partial charge < -0.3 is 4.90 Å². The number of thioether (sulfide) groups is 1. The number of hydrogen-bond acceptors (Lipinski definition) is 3. The second-order valence-electron chi connectivity index (χ2n) is 5.08. The summed E-state index contributed by atoms with van der Waals surface area (Å²) in [7, 11) is 0. The zero-order chi connectivity index (χ0) is 13.7. The van der Waals surface area contributed by atoms with Gasteiger partial charge in [-0.3, -0.25) is 9.89 Å². The van der Waals surface area contributed by atoms with E-state index in [0.29, 0.717) is 18.2 Å². The molecule has 1 atom stereocenters. The highest BCUT2D eigenvalue weighted by molar-refractivity contribution is 7.98. The fourth-order valence-corrected chi connectivity index (χ4v) is 3.12. The summed E-state index contributed by atoms with van der Waals surface area (Å²) in [5.41, 5.74) is 2.54. The van der Waals surface area contributed by atoms with Crippen molar-refractivity contribution < 1.29 is 4.79 Å². The third-order valence-corrected chi connectivity index (χ3v) is 4.45. The lowest BCUT2D eigenvalue weighted by Gasteiger charge is -2.32. The molecule has 19 heavy (non-hydrogen) atoms. The number of carbonyl (C=O) groups is 1. The highest BCUT2D eigenvalue weighted by Gasteiger charge is 2.26. The third-order valence-electron chi connectivity index (χ3n) is 3.83. The topological polar surface area (TPSA) is 49.0 Å². The number of hydrogen-bond donors (Lipinski definition) is 1. The monoisotopic (exact) mass is 281 g/mol. The first-order valence-corrected chi connectivity index (χ1v) is 8.44. The number of aromatic amines is 1. The van der Waals surface area contributed by atoms with E-state index >= 15 is 0 Å². The van der Waals surface area contributed by atoms with Crippen LogP contribution >= 0.6 is 11.8 Å². The average molecular weight is 281 g/mol. The Balaban J connectivity index is 1.99. The molecule has 1 N–H and O–H groups in total. The molecule has 0 spiro atoms. The van der Waals surface area contributed by atoms with Crippen LogP contribution in [0.1, 0.15) is 43.4 Å². The molecular weight excluding hydrogens is 258 g/mol. The van der Waals surface area contributed by atoms with E-state index in [1.54, 1.807) is 11.8 Å². The summed E-state index contributed by atoms with van der Waals surface area (Å²) in [6, 6.07) is 0. The Bertz CT molecular complexity index is 419. The standard InChI is InChI=1S/C14H23N3OS/c1-3-11-9-15-16-14(11)12-5-4-7-17(10-12)13(18)6-8-19-2/h9,12H,3-8,10H2,1-2H3,(H,15,16). The summed E-state index contributed by atoms with van der Waals surface area (Å²) in [6.07, 6.45) is 7.88. The Kier molecular flexibility index (Phi) is 5.31. The molecule has 1 unspecified atom stereocenters. The van der Waals surface area contributed by atoms with Gasteiger partial charge >= 0.3 is 0 Å². The van der Waals surface area contributed by atoms with Crippen LogP contribution in [-0.4, -0.2) is 46.1 Å². The van der Waals surface area contributed by atoms with Crippen LogP contribution in [0.2, 0.25) is 0 Å². The number of likely N-dealkylation sites (tertiary alicyclic amines) is 1. The first-order valence-electron chi connectivity index (χ1n) is 7.05. The lowest BCUT2D eigenvalue weighted by Crippen LogP contribution is -2.39. The number of aromatic nitrogens is 2. The molecule has 0 aliphatic carbocycles. The maximum absolute atomic E-state index is 12.1. The summed E-state index contributed by atoms with van der Waals surface area (Å²) < 4.78 is 0. The minimum atomic E-state index is 0.302. The van der Waals surface area contributed by atoms with Gasteiger partial charge in [0.1, 0.15) is 0 Å². The number of carbonyl (C=O) groups excluding carboxylic acids is 1. The van der Waals surface area contributed by atoms with Crippen molar-refractivity contribution in [3.05, 3.63) is 17.5 Å². The maximum atomic E-state index is 12.1. The molecule has 1 fully saturated rings. The predicted octanol–water partition coefficient (Wildman–Crippen LogP) is 2.43. The van der Waals surface area contributed by atoms with E-state index in [-0.39, 0.29) is 0 Å². The van der Waals surface area contributed by atoms with E-state index in [0.717, 1.165) is 38.1 Å². The van der Waals surface area contributed by atoms with Crippen LogP contribution in [0.5, 0.6) is 0 Å². The third kappa shape index (κ3) is 3.53. The first-order chi connectivity index (χ1) is 9.26. The molecule has 0 bridgehead atoms. The molecule has 0 saturated carbocycles. The van der Waals surface area contributed by atoms with Gasteiger partial charge in [-0.25, -0.2) is 0 Å². The average Bonchev–Trinajstić information content (AvgIpc) is 2.93. The van der Waals surface area contributed by atoms with Gasteiger partial charge in [-0.2, -0.15) is 16.9 Å². The van der Waals surface area contributed by atoms with Crippen LogP contribution in [0.3, 0.4) is 0 Å². The van der Waals surface area contributed by atoms with Gasteiger partial charge in [0.25, 0.3) is 0 Å². The predicted molar refractivity (Wildman–Crippen MR) is 79.5 cm³/mol. The van der Waals surface area contributed by atoms with Crippen LogP contribution in [0.15, 0.2) is 6.20 Å². The van der Waals surface area contributed by atoms with Crippen LogP contribution in [0, 0.1) is 0 Å². The van der Waals surface area contributed by atoms with E-state index in [1.807, 2.05) is 17.4 Å². The number of nitrogens with one attached hydrogen (secondary N) is 1. The van der Waals surface area contributed by atoms with Crippen molar-refractivity contribution in [1.29, 1.82) is 0 Å². The Morgan fingerprint density at radius 3 is 3.21 bits per heavy atom. The Labute approximate surface area is 119 Å². The Morgan fingerprint density at radius 1 is 1.63 bits per heavy atom. The Morgan fingerprint density at radius 2 is 2.47 bits per heavy atom. The van der Waals surface area contributed by atoms with Crippen LogP contribution in [0.4, 0.5) is 0 Å². The smallest absolute Gasteiger partial charge is 0.223 e. The van der Waals surface area contributed by atoms with Crippen molar-refractivity contribution in [1.82, 2.24) is 15.1 Å². The molecule has 1 amide bonds. The first kappa shape index (κ1) is 14.4. The van der Waals surface area contributed by atoms with Gasteiger partial charge in [-0.1, -0.05) is 6.92 Å². The van der Waals surface area contributed by atoms with Crippen LogP contribution < -0.4 is 0 Å². The van der Waals surface area contributed by atoms with Gasteiger partial charge in [-0.15, -0.1) is 0 Å². The normalized spacial score (nSPS) is 19.7. The van der Waals surface area contributed by atoms with E-state index < -0.39 is 0 Å². The minimum absolute atomic E-state index is 0.302. The van der Waals surface area contributed by atoms with Gasteiger partial charge in [0.15, 0.2) is 0 Å². The quantitative estimate of drug-likeness (QED) is 0.902. The summed E-state index contributed by atoms with van der Waals surface area (Å²) >= 11 is 1.73. The zero-order valence-corrected chi connectivity index (χ0v) is 12.6. The largest absolute Gasteiger partial charge is 0.342 e. The molecule has 1 aliphatic rings. The Hall–Kier alpha value is -0.970. The molecule has 2 rings (SSSR count). The molecule has 0 aromatic carbocycles. The highest BCUT2D eigenvalue weighted by atomic mass is 32.2. The summed E-state index contributed by atoms with van der Waals surface area (Å²) in [4.78, 5) is 14.1. The molecule has 5 heteroatoms. The fourth-order valence-electron chi connectivity index (χ4n) is 2.74. The van der Waals surface area contributed by atoms with Crippen molar-refractivity contribution in [2.45, 2.75) is 38.5 Å². The van der Waals surface area contributed by atoms with Crippen molar-refractivity contribution in [2.75, 3.05) is 25.1 Å². The molecule has 2 heterocycles. The minimum Gasteiger partial charge on any atom is -0.342 e. The van der Waals surface area contributed by atoms with Crippen LogP contribution in [-0.2, 0) is 11.2 Å². The van der Waals surface area contributed by atoms with Gasteiger partial charge in [0, 0.05) is 36.9 Å². The highest BCUT2D eigenvalue weighted by Crippen LogP contribution is 2.28. The van der Waals surface area contributed by atoms with E-state index in [9.17, 15) is 4.79 Å². The lowest BCUT2D eigenvalue weighted by molar-refractivity contribution is -0.131. The van der Waals surface area contributed by atoms with E-state index in [1.165, 1.54) is 11.3 Å². The number of aryl methyl sites for hydroxylation is 1. The van der Waals surface area contributed by atoms with Gasteiger partial charge in [0.2, 0.25) is 5.91 Å². The summed E-state index contributed by atoms with van der Waals surface area (Å²) in [5, 5.41) is 7.29. The van der Waals surface area contributed by atoms with Crippen molar-refractivity contribution >= 4 is 17.7 Å². The molecular formula is C14H23N3OS. The molecule has 106 valence electrons. The molecule has 1 aromatic rings. The molecule has 4 nitrogen and oxygen atoms in total. The van der Waals surface area contributed by atoms with E-state index in [4.69, 9.17) is 0 Å². The molecule has 0 radical (unpaired) electrons.